The Morgan fingerprint density at radius 2 is 1.94 bits per heavy atom. The summed E-state index contributed by atoms with van der Waals surface area (Å²) in [4.78, 5) is 14.4. The lowest BCUT2D eigenvalue weighted by Crippen LogP contribution is -2.43. The predicted molar refractivity (Wildman–Crippen MR) is 72.9 cm³/mol. The number of amides is 1. The molecule has 4 heteroatoms. The van der Waals surface area contributed by atoms with Crippen molar-refractivity contribution in [3.8, 4) is 0 Å². The topological polar surface area (TPSA) is 29.5 Å². The highest BCUT2D eigenvalue weighted by Crippen LogP contribution is 2.24. The van der Waals surface area contributed by atoms with E-state index in [9.17, 15) is 4.79 Å². The fraction of sp³-hybridized carbons (Fsp3) is 0.929. The van der Waals surface area contributed by atoms with Crippen molar-refractivity contribution in [2.75, 3.05) is 19.0 Å². The minimum atomic E-state index is 0.152. The molecule has 0 N–H and O–H groups in total. The zero-order chi connectivity index (χ0) is 12.8. The van der Waals surface area contributed by atoms with E-state index in [1.165, 1.54) is 19.3 Å². The van der Waals surface area contributed by atoms with Gasteiger partial charge in [-0.05, 0) is 25.7 Å². The van der Waals surface area contributed by atoms with Gasteiger partial charge in [0.1, 0.15) is 0 Å². The highest BCUT2D eigenvalue weighted by atomic mass is 35.5. The third-order valence-corrected chi connectivity index (χ3v) is 4.26. The third-order valence-electron chi connectivity index (χ3n) is 4.09. The highest BCUT2D eigenvalue weighted by molar-refractivity contribution is 6.18. The van der Waals surface area contributed by atoms with Gasteiger partial charge in [0, 0.05) is 25.1 Å². The molecular weight excluding hydrogens is 250 g/mol. The molecule has 1 saturated carbocycles. The van der Waals surface area contributed by atoms with E-state index in [0.29, 0.717) is 24.9 Å². The van der Waals surface area contributed by atoms with E-state index in [1.807, 2.05) is 4.90 Å². The Morgan fingerprint density at radius 3 is 2.56 bits per heavy atom. The Labute approximate surface area is 115 Å². The first-order valence-corrected chi connectivity index (χ1v) is 7.81. The number of ether oxygens (including phenoxy) is 1. The normalized spacial score (nSPS) is 25.3. The van der Waals surface area contributed by atoms with Crippen LogP contribution in [0.25, 0.3) is 0 Å². The van der Waals surface area contributed by atoms with Crippen molar-refractivity contribution in [3.63, 3.8) is 0 Å². The lowest BCUT2D eigenvalue weighted by Gasteiger charge is -2.34. The van der Waals surface area contributed by atoms with Crippen LogP contribution in [-0.2, 0) is 9.53 Å². The van der Waals surface area contributed by atoms with Gasteiger partial charge in [0.05, 0.1) is 12.5 Å². The number of carbonyl (C=O) groups is 1. The van der Waals surface area contributed by atoms with Gasteiger partial charge in [0.25, 0.3) is 0 Å². The van der Waals surface area contributed by atoms with Crippen molar-refractivity contribution in [3.05, 3.63) is 0 Å². The molecule has 2 rings (SSSR count). The van der Waals surface area contributed by atoms with Crippen LogP contribution in [0, 0.1) is 0 Å². The van der Waals surface area contributed by atoms with Crippen molar-refractivity contribution in [2.45, 2.75) is 63.5 Å². The molecule has 2 fully saturated rings. The molecule has 1 unspecified atom stereocenters. The van der Waals surface area contributed by atoms with Gasteiger partial charge >= 0.3 is 0 Å². The second-order valence-electron chi connectivity index (χ2n) is 5.41. The van der Waals surface area contributed by atoms with Crippen LogP contribution in [-0.4, -0.2) is 42.0 Å². The first kappa shape index (κ1) is 14.1. The fourth-order valence-electron chi connectivity index (χ4n) is 3.11. The van der Waals surface area contributed by atoms with E-state index < -0.39 is 0 Å². The summed E-state index contributed by atoms with van der Waals surface area (Å²) < 4.78 is 5.56. The molecule has 2 aliphatic rings. The molecule has 0 radical (unpaired) electrons. The Hall–Kier alpha value is -0.280. The van der Waals surface area contributed by atoms with Crippen LogP contribution < -0.4 is 0 Å². The molecule has 3 nitrogen and oxygen atoms in total. The average Bonchev–Trinajstić information content (AvgIpc) is 2.89. The van der Waals surface area contributed by atoms with E-state index >= 15 is 0 Å². The molecule has 1 saturated heterocycles. The summed E-state index contributed by atoms with van der Waals surface area (Å²) in [5.41, 5.74) is 0. The monoisotopic (exact) mass is 273 g/mol. The van der Waals surface area contributed by atoms with Crippen molar-refractivity contribution < 1.29 is 9.53 Å². The van der Waals surface area contributed by atoms with E-state index in [2.05, 4.69) is 0 Å². The summed E-state index contributed by atoms with van der Waals surface area (Å²) in [6.45, 7) is 1.51. The average molecular weight is 274 g/mol. The van der Waals surface area contributed by atoms with Crippen LogP contribution in [0.5, 0.6) is 0 Å². The first-order valence-electron chi connectivity index (χ1n) is 7.28. The Kier molecular flexibility index (Phi) is 5.77. The van der Waals surface area contributed by atoms with Crippen LogP contribution in [0.15, 0.2) is 0 Å². The second-order valence-corrected chi connectivity index (χ2v) is 5.79. The Balaban J connectivity index is 1.87. The predicted octanol–water partition coefficient (Wildman–Crippen LogP) is 2.96. The van der Waals surface area contributed by atoms with Gasteiger partial charge in [-0.2, -0.15) is 0 Å². The SMILES string of the molecule is O=C(CC1CCCO1)N(CCCl)C1CCCCC1. The van der Waals surface area contributed by atoms with E-state index in [-0.39, 0.29) is 12.0 Å². The molecule has 0 aromatic rings. The number of alkyl halides is 1. The van der Waals surface area contributed by atoms with E-state index in [1.54, 1.807) is 0 Å². The Morgan fingerprint density at radius 1 is 1.17 bits per heavy atom. The van der Waals surface area contributed by atoms with E-state index in [4.69, 9.17) is 16.3 Å². The van der Waals surface area contributed by atoms with Gasteiger partial charge < -0.3 is 9.64 Å². The van der Waals surface area contributed by atoms with E-state index in [0.717, 1.165) is 32.3 Å². The molecule has 18 heavy (non-hydrogen) atoms. The maximum absolute atomic E-state index is 12.4. The Bertz CT molecular complexity index is 261. The molecule has 0 aromatic carbocycles. The summed E-state index contributed by atoms with van der Waals surface area (Å²) >= 11 is 5.85. The highest BCUT2D eigenvalue weighted by Gasteiger charge is 2.28. The fourth-order valence-corrected chi connectivity index (χ4v) is 3.29. The quantitative estimate of drug-likeness (QED) is 0.721. The van der Waals surface area contributed by atoms with Crippen molar-refractivity contribution in [1.29, 1.82) is 0 Å². The maximum atomic E-state index is 12.4. The lowest BCUT2D eigenvalue weighted by molar-refractivity contribution is -0.136. The second kappa shape index (κ2) is 7.34. The van der Waals surface area contributed by atoms with Gasteiger partial charge in [-0.1, -0.05) is 19.3 Å². The maximum Gasteiger partial charge on any atom is 0.225 e. The molecule has 104 valence electrons. The van der Waals surface area contributed by atoms with Crippen LogP contribution in [0.4, 0.5) is 0 Å². The molecule has 0 aromatic heterocycles. The molecule has 1 aliphatic carbocycles. The van der Waals surface area contributed by atoms with Crippen LogP contribution in [0.1, 0.15) is 51.4 Å². The van der Waals surface area contributed by atoms with Crippen molar-refractivity contribution in [1.82, 2.24) is 4.90 Å². The van der Waals surface area contributed by atoms with Crippen LogP contribution in [0.2, 0.25) is 0 Å². The van der Waals surface area contributed by atoms with Gasteiger partial charge in [0.15, 0.2) is 0 Å². The summed E-state index contributed by atoms with van der Waals surface area (Å²) in [6, 6.07) is 0.423. The largest absolute Gasteiger partial charge is 0.378 e. The lowest BCUT2D eigenvalue weighted by atomic mass is 9.94. The minimum absolute atomic E-state index is 0.152. The molecule has 0 bridgehead atoms. The zero-order valence-corrected chi connectivity index (χ0v) is 11.8. The van der Waals surface area contributed by atoms with Gasteiger partial charge in [0.2, 0.25) is 5.91 Å². The molecular formula is C14H24ClNO2. The molecule has 1 amide bonds. The first-order chi connectivity index (χ1) is 8.81. The van der Waals surface area contributed by atoms with Gasteiger partial charge in [-0.15, -0.1) is 11.6 Å². The van der Waals surface area contributed by atoms with Gasteiger partial charge in [-0.25, -0.2) is 0 Å². The number of halogens is 1. The number of rotatable bonds is 5. The summed E-state index contributed by atoms with van der Waals surface area (Å²) in [5, 5.41) is 0. The van der Waals surface area contributed by atoms with Crippen LogP contribution >= 0.6 is 11.6 Å². The minimum Gasteiger partial charge on any atom is -0.378 e. The number of nitrogens with zero attached hydrogens (tertiary/aromatic N) is 1. The molecule has 0 spiro atoms. The van der Waals surface area contributed by atoms with Gasteiger partial charge in [-0.3, -0.25) is 4.79 Å². The standard InChI is InChI=1S/C14H24ClNO2/c15-8-9-16(12-5-2-1-3-6-12)14(17)11-13-7-4-10-18-13/h12-13H,1-11H2. The summed E-state index contributed by atoms with van der Waals surface area (Å²) in [6.07, 6.45) is 8.93. The summed E-state index contributed by atoms with van der Waals surface area (Å²) in [5.74, 6) is 0.780. The van der Waals surface area contributed by atoms with Crippen LogP contribution in [0.3, 0.4) is 0 Å². The van der Waals surface area contributed by atoms with Crippen molar-refractivity contribution in [2.24, 2.45) is 0 Å². The third kappa shape index (κ3) is 3.86. The van der Waals surface area contributed by atoms with Crippen molar-refractivity contribution >= 4 is 17.5 Å². The number of hydrogen-bond donors (Lipinski definition) is 0. The molecule has 1 atom stereocenters. The smallest absolute Gasteiger partial charge is 0.225 e. The molecule has 1 heterocycles. The number of carbonyl (C=O) groups excluding carboxylic acids is 1. The molecule has 1 aliphatic heterocycles. The summed E-state index contributed by atoms with van der Waals surface area (Å²) in [7, 11) is 0. The number of hydrogen-bond acceptors (Lipinski definition) is 2. The zero-order valence-electron chi connectivity index (χ0n) is 11.1.